The SMILES string of the molecule is CCCCC/C=C\C/C=C\CCCCCCCCC1(CCCCCCCC/C=C\C/C=C\CCCCC)O[C@H]2CC3C4CC(C3C[C@H]2O1)C(N(C)C)C4. The fourth-order valence-corrected chi connectivity index (χ4v) is 10.7. The van der Waals surface area contributed by atoms with Gasteiger partial charge in [0.25, 0.3) is 0 Å². The smallest absolute Gasteiger partial charge is 0.169 e. The highest BCUT2D eigenvalue weighted by molar-refractivity contribution is 5.08. The zero-order valence-corrected chi connectivity index (χ0v) is 35.6. The highest BCUT2D eigenvalue weighted by Crippen LogP contribution is 2.60. The molecule has 4 aliphatic rings. The Morgan fingerprint density at radius 2 is 0.868 bits per heavy atom. The van der Waals surface area contributed by atoms with Crippen LogP contribution in [0.4, 0.5) is 0 Å². The molecule has 7 atom stereocenters. The molecule has 0 spiro atoms. The molecule has 1 heterocycles. The van der Waals surface area contributed by atoms with Gasteiger partial charge in [-0.25, -0.2) is 0 Å². The minimum absolute atomic E-state index is 0.307. The van der Waals surface area contributed by atoms with Crippen molar-refractivity contribution < 1.29 is 9.47 Å². The van der Waals surface area contributed by atoms with Gasteiger partial charge in [0, 0.05) is 18.9 Å². The van der Waals surface area contributed by atoms with Crippen molar-refractivity contribution in [1.29, 1.82) is 0 Å². The van der Waals surface area contributed by atoms with Crippen LogP contribution in [0, 0.1) is 23.7 Å². The number of unbranched alkanes of at least 4 members (excludes halogenated alkanes) is 18. The van der Waals surface area contributed by atoms with Gasteiger partial charge < -0.3 is 14.4 Å². The average Bonchev–Trinajstić information content (AvgIpc) is 3.85. The zero-order chi connectivity index (χ0) is 37.4. The Morgan fingerprint density at radius 3 is 1.32 bits per heavy atom. The summed E-state index contributed by atoms with van der Waals surface area (Å²) in [7, 11) is 4.62. The summed E-state index contributed by atoms with van der Waals surface area (Å²) in [5.41, 5.74) is 0. The maximum atomic E-state index is 7.15. The second-order valence-corrected chi connectivity index (χ2v) is 18.1. The molecule has 4 fully saturated rings. The van der Waals surface area contributed by atoms with Crippen LogP contribution in [0.5, 0.6) is 0 Å². The van der Waals surface area contributed by atoms with E-state index in [1.165, 1.54) is 167 Å². The first-order valence-electron chi connectivity index (χ1n) is 23.7. The van der Waals surface area contributed by atoms with Gasteiger partial charge in [-0.05, 0) is 141 Å². The van der Waals surface area contributed by atoms with Crippen LogP contribution >= 0.6 is 0 Å². The summed E-state index contributed by atoms with van der Waals surface area (Å²) < 4.78 is 14.3. The Labute approximate surface area is 330 Å². The van der Waals surface area contributed by atoms with Crippen LogP contribution in [-0.4, -0.2) is 43.0 Å². The summed E-state index contributed by atoms with van der Waals surface area (Å²) in [6.45, 7) is 4.55. The number of ether oxygens (including phenoxy) is 2. The fraction of sp³-hybridized carbons (Fsp3) is 0.840. The van der Waals surface area contributed by atoms with Crippen molar-refractivity contribution in [3.8, 4) is 0 Å². The highest BCUT2D eigenvalue weighted by Gasteiger charge is 2.60. The molecule has 3 heteroatoms. The molecule has 3 saturated carbocycles. The zero-order valence-electron chi connectivity index (χ0n) is 35.6. The second-order valence-electron chi connectivity index (χ2n) is 18.1. The molecular formula is C50H87NO2. The minimum atomic E-state index is -0.307. The highest BCUT2D eigenvalue weighted by atomic mass is 16.8. The molecule has 3 nitrogen and oxygen atoms in total. The lowest BCUT2D eigenvalue weighted by atomic mass is 9.67. The van der Waals surface area contributed by atoms with E-state index in [0.717, 1.165) is 55.4 Å². The third-order valence-electron chi connectivity index (χ3n) is 13.7. The molecule has 0 aromatic rings. The summed E-state index contributed by atoms with van der Waals surface area (Å²) >= 11 is 0. The average molecular weight is 734 g/mol. The van der Waals surface area contributed by atoms with Gasteiger partial charge in [-0.1, -0.05) is 140 Å². The Bertz CT molecular complexity index is 994. The van der Waals surface area contributed by atoms with Crippen LogP contribution in [0.15, 0.2) is 48.6 Å². The van der Waals surface area contributed by atoms with Crippen molar-refractivity contribution in [2.75, 3.05) is 14.1 Å². The van der Waals surface area contributed by atoms with Crippen LogP contribution < -0.4 is 0 Å². The van der Waals surface area contributed by atoms with E-state index in [1.54, 1.807) is 0 Å². The quantitative estimate of drug-likeness (QED) is 0.0523. The molecule has 3 aliphatic carbocycles. The van der Waals surface area contributed by atoms with E-state index in [4.69, 9.17) is 9.47 Å². The summed E-state index contributed by atoms with van der Waals surface area (Å²) in [4.78, 5) is 2.53. The molecule has 0 aromatic heterocycles. The first-order valence-corrected chi connectivity index (χ1v) is 23.7. The van der Waals surface area contributed by atoms with E-state index in [9.17, 15) is 0 Å². The van der Waals surface area contributed by atoms with Gasteiger partial charge in [-0.15, -0.1) is 0 Å². The number of allylic oxidation sites excluding steroid dienone is 8. The standard InChI is InChI=1S/C50H87NO2/c1-5-7-9-11-13-15-17-19-21-23-25-27-29-31-33-35-37-50(38-36-34-32-30-28-26-24-22-20-18-16-14-12-10-8-6-2)52-48-41-44-43-39-46(47(40-43)51(3)4)45(44)42-49(48)53-50/h13-16,19-22,43-49H,5-12,17-18,23-42H2,1-4H3/b15-13-,16-14-,21-19-,22-20-/t43?,44?,45?,46?,47?,48-,49+/m0/s1. The summed E-state index contributed by atoms with van der Waals surface area (Å²) in [6.07, 6.45) is 58.5. The lowest BCUT2D eigenvalue weighted by molar-refractivity contribution is -0.186. The molecule has 1 aliphatic heterocycles. The van der Waals surface area contributed by atoms with Gasteiger partial charge in [0.2, 0.25) is 0 Å². The van der Waals surface area contributed by atoms with Crippen molar-refractivity contribution in [1.82, 2.24) is 4.90 Å². The fourth-order valence-electron chi connectivity index (χ4n) is 10.7. The largest absolute Gasteiger partial charge is 0.344 e. The summed E-state index contributed by atoms with van der Waals surface area (Å²) in [5.74, 6) is 3.27. The van der Waals surface area contributed by atoms with Gasteiger partial charge in [0.05, 0.1) is 12.2 Å². The minimum Gasteiger partial charge on any atom is -0.344 e. The lowest BCUT2D eigenvalue weighted by Gasteiger charge is -2.43. The number of hydrogen-bond donors (Lipinski definition) is 0. The molecule has 304 valence electrons. The molecule has 53 heavy (non-hydrogen) atoms. The van der Waals surface area contributed by atoms with E-state index >= 15 is 0 Å². The molecule has 0 aromatic carbocycles. The van der Waals surface area contributed by atoms with E-state index in [0.29, 0.717) is 12.2 Å². The third-order valence-corrected chi connectivity index (χ3v) is 13.7. The second kappa shape index (κ2) is 26.6. The van der Waals surface area contributed by atoms with Crippen LogP contribution in [0.3, 0.4) is 0 Å². The topological polar surface area (TPSA) is 21.7 Å². The van der Waals surface area contributed by atoms with Gasteiger partial charge in [-0.2, -0.15) is 0 Å². The van der Waals surface area contributed by atoms with Crippen molar-refractivity contribution in [3.05, 3.63) is 48.6 Å². The van der Waals surface area contributed by atoms with Crippen LogP contribution in [-0.2, 0) is 9.47 Å². The van der Waals surface area contributed by atoms with E-state index < -0.39 is 0 Å². The molecule has 1 saturated heterocycles. The van der Waals surface area contributed by atoms with Gasteiger partial charge in [0.15, 0.2) is 5.79 Å². The van der Waals surface area contributed by atoms with Gasteiger partial charge in [-0.3, -0.25) is 0 Å². The summed E-state index contributed by atoms with van der Waals surface area (Å²) in [5, 5.41) is 0. The number of hydrogen-bond acceptors (Lipinski definition) is 3. The third kappa shape index (κ3) is 16.1. The number of rotatable bonds is 31. The van der Waals surface area contributed by atoms with Gasteiger partial charge >= 0.3 is 0 Å². The van der Waals surface area contributed by atoms with Gasteiger partial charge in [0.1, 0.15) is 0 Å². The number of nitrogens with zero attached hydrogens (tertiary/aromatic N) is 1. The van der Waals surface area contributed by atoms with E-state index in [-0.39, 0.29) is 5.79 Å². The molecular weight excluding hydrogens is 647 g/mol. The molecule has 0 N–H and O–H groups in total. The van der Waals surface area contributed by atoms with Crippen molar-refractivity contribution in [3.63, 3.8) is 0 Å². The predicted molar refractivity (Wildman–Crippen MR) is 230 cm³/mol. The maximum Gasteiger partial charge on any atom is 0.169 e. The Kier molecular flexibility index (Phi) is 22.4. The first-order chi connectivity index (χ1) is 26.1. The van der Waals surface area contributed by atoms with Crippen LogP contribution in [0.25, 0.3) is 0 Å². The normalized spacial score (nSPS) is 27.8. The lowest BCUT2D eigenvalue weighted by Crippen LogP contribution is -2.46. The van der Waals surface area contributed by atoms with Crippen molar-refractivity contribution >= 4 is 0 Å². The first kappa shape index (κ1) is 44.6. The number of fused-ring (bicyclic) bond motifs is 6. The summed E-state index contributed by atoms with van der Waals surface area (Å²) in [6, 6.07) is 0.793. The Hall–Kier alpha value is -1.16. The van der Waals surface area contributed by atoms with E-state index in [1.807, 2.05) is 0 Å². The molecule has 5 unspecified atom stereocenters. The molecule has 4 rings (SSSR count). The monoisotopic (exact) mass is 734 g/mol. The van der Waals surface area contributed by atoms with Crippen LogP contribution in [0.1, 0.15) is 206 Å². The molecule has 0 amide bonds. The van der Waals surface area contributed by atoms with Crippen LogP contribution in [0.2, 0.25) is 0 Å². The Balaban J connectivity index is 1.11. The maximum absolute atomic E-state index is 7.15. The Morgan fingerprint density at radius 1 is 0.453 bits per heavy atom. The van der Waals surface area contributed by atoms with Crippen molar-refractivity contribution in [2.24, 2.45) is 23.7 Å². The molecule has 2 bridgehead atoms. The van der Waals surface area contributed by atoms with E-state index in [2.05, 4.69) is 81.5 Å². The van der Waals surface area contributed by atoms with Crippen molar-refractivity contribution in [2.45, 2.75) is 231 Å². The molecule has 0 radical (unpaired) electrons. The predicted octanol–water partition coefficient (Wildman–Crippen LogP) is 14.9.